The van der Waals surface area contributed by atoms with Gasteiger partial charge >= 0.3 is 17.8 Å². The van der Waals surface area contributed by atoms with E-state index >= 15 is 0 Å². The van der Waals surface area contributed by atoms with Crippen LogP contribution in [0.3, 0.4) is 0 Å². The Morgan fingerprint density at radius 3 is 2.39 bits per heavy atom. The van der Waals surface area contributed by atoms with Crippen LogP contribution in [-0.2, 0) is 4.79 Å². The molecule has 2 aromatic carbocycles. The summed E-state index contributed by atoms with van der Waals surface area (Å²) in [7, 11) is 0. The highest BCUT2D eigenvalue weighted by molar-refractivity contribution is 6.01. The minimum Gasteiger partial charge on any atom is -0.399 e. The number of aryl methyl sites for hydroxylation is 1. The maximum absolute atomic E-state index is 12.4. The molecule has 1 aliphatic rings. The molecular weight excluding hydrogens is 396 g/mol. The third-order valence-corrected chi connectivity index (χ3v) is 5.10. The summed E-state index contributed by atoms with van der Waals surface area (Å²) in [5.74, 6) is -0.497. The highest BCUT2D eigenvalue weighted by Crippen LogP contribution is 2.21. The average Bonchev–Trinajstić information content (AvgIpc) is 3.23. The Labute approximate surface area is 180 Å². The molecule has 2 amide bonds. The maximum atomic E-state index is 12.4. The molecule has 1 saturated heterocycles. The summed E-state index contributed by atoms with van der Waals surface area (Å²) < 4.78 is 5.42. The van der Waals surface area contributed by atoms with Gasteiger partial charge in [0, 0.05) is 50.2 Å². The van der Waals surface area contributed by atoms with Crippen molar-refractivity contribution in [1.82, 2.24) is 15.1 Å². The Balaban J connectivity index is 1.34. The SMILES string of the molecule is CC(=O)N1CCN(c2ccc(NC(=O)c3nnc(Nc4cccc(C)c4)o3)cc2)CC1. The molecule has 1 aromatic heterocycles. The Kier molecular flexibility index (Phi) is 5.83. The van der Waals surface area contributed by atoms with Gasteiger partial charge in [0.05, 0.1) is 0 Å². The van der Waals surface area contributed by atoms with Crippen molar-refractivity contribution in [3.05, 3.63) is 60.0 Å². The standard InChI is InChI=1S/C22H24N6O3/c1-15-4-3-5-18(14-15)24-22-26-25-21(31-22)20(30)23-17-6-8-19(9-7-17)28-12-10-27(11-13-28)16(2)29/h3-9,14H,10-13H2,1-2H3,(H,23,30)(H,24,26). The van der Waals surface area contributed by atoms with Gasteiger partial charge in [-0.1, -0.05) is 17.2 Å². The topological polar surface area (TPSA) is 104 Å². The van der Waals surface area contributed by atoms with Crippen molar-refractivity contribution in [3.63, 3.8) is 0 Å². The first-order valence-corrected chi connectivity index (χ1v) is 10.1. The fourth-order valence-electron chi connectivity index (χ4n) is 3.43. The largest absolute Gasteiger partial charge is 0.399 e. The number of nitrogens with one attached hydrogen (secondary N) is 2. The van der Waals surface area contributed by atoms with E-state index in [1.807, 2.05) is 60.4 Å². The van der Waals surface area contributed by atoms with E-state index in [0.717, 1.165) is 30.0 Å². The summed E-state index contributed by atoms with van der Waals surface area (Å²) in [6.07, 6.45) is 0. The van der Waals surface area contributed by atoms with Gasteiger partial charge in [0.2, 0.25) is 5.91 Å². The van der Waals surface area contributed by atoms with Crippen molar-refractivity contribution in [1.29, 1.82) is 0 Å². The van der Waals surface area contributed by atoms with E-state index in [1.165, 1.54) is 0 Å². The van der Waals surface area contributed by atoms with Crippen LogP contribution < -0.4 is 15.5 Å². The molecule has 0 saturated carbocycles. The Bertz CT molecular complexity index is 1070. The van der Waals surface area contributed by atoms with Gasteiger partial charge < -0.3 is 24.9 Å². The number of aromatic nitrogens is 2. The van der Waals surface area contributed by atoms with Crippen LogP contribution in [0.5, 0.6) is 0 Å². The van der Waals surface area contributed by atoms with Crippen LogP contribution in [0.15, 0.2) is 52.9 Å². The minimum atomic E-state index is -0.479. The van der Waals surface area contributed by atoms with Crippen molar-refractivity contribution < 1.29 is 14.0 Å². The van der Waals surface area contributed by atoms with Crippen LogP contribution in [0, 0.1) is 6.92 Å². The number of carbonyl (C=O) groups is 2. The molecule has 0 spiro atoms. The van der Waals surface area contributed by atoms with Crippen LogP contribution >= 0.6 is 0 Å². The van der Waals surface area contributed by atoms with E-state index in [1.54, 1.807) is 6.92 Å². The second kappa shape index (κ2) is 8.86. The van der Waals surface area contributed by atoms with Crippen molar-refractivity contribution in [2.24, 2.45) is 0 Å². The van der Waals surface area contributed by atoms with Crippen LogP contribution in [0.2, 0.25) is 0 Å². The lowest BCUT2D eigenvalue weighted by Crippen LogP contribution is -2.48. The number of amides is 2. The summed E-state index contributed by atoms with van der Waals surface area (Å²) in [6, 6.07) is 15.4. The number of carbonyl (C=O) groups excluding carboxylic acids is 2. The molecule has 0 atom stereocenters. The molecule has 1 fully saturated rings. The molecule has 0 radical (unpaired) electrons. The predicted octanol–water partition coefficient (Wildman–Crippen LogP) is 3.04. The third-order valence-electron chi connectivity index (χ3n) is 5.10. The van der Waals surface area contributed by atoms with Crippen molar-refractivity contribution >= 4 is 34.9 Å². The predicted molar refractivity (Wildman–Crippen MR) is 118 cm³/mol. The van der Waals surface area contributed by atoms with E-state index in [4.69, 9.17) is 4.42 Å². The number of hydrogen-bond donors (Lipinski definition) is 2. The summed E-state index contributed by atoms with van der Waals surface area (Å²) >= 11 is 0. The van der Waals surface area contributed by atoms with E-state index in [9.17, 15) is 9.59 Å². The summed E-state index contributed by atoms with van der Waals surface area (Å²) in [6.45, 7) is 6.56. The fourth-order valence-corrected chi connectivity index (χ4v) is 3.43. The van der Waals surface area contributed by atoms with E-state index in [-0.39, 0.29) is 17.8 Å². The number of piperazine rings is 1. The van der Waals surface area contributed by atoms with Crippen LogP contribution in [0.1, 0.15) is 23.2 Å². The van der Waals surface area contributed by atoms with Gasteiger partial charge in [-0.15, -0.1) is 5.10 Å². The first-order valence-electron chi connectivity index (χ1n) is 10.1. The second-order valence-electron chi connectivity index (χ2n) is 7.40. The number of rotatable bonds is 5. The van der Waals surface area contributed by atoms with Gasteiger partial charge in [-0.3, -0.25) is 9.59 Å². The van der Waals surface area contributed by atoms with Crippen LogP contribution in [0.4, 0.5) is 23.1 Å². The first-order chi connectivity index (χ1) is 15.0. The lowest BCUT2D eigenvalue weighted by Gasteiger charge is -2.35. The van der Waals surface area contributed by atoms with Gasteiger partial charge in [-0.05, 0) is 48.9 Å². The maximum Gasteiger partial charge on any atom is 0.320 e. The first kappa shape index (κ1) is 20.4. The lowest BCUT2D eigenvalue weighted by molar-refractivity contribution is -0.129. The summed E-state index contributed by atoms with van der Waals surface area (Å²) in [4.78, 5) is 28.0. The van der Waals surface area contributed by atoms with Crippen molar-refractivity contribution in [3.8, 4) is 0 Å². The highest BCUT2D eigenvalue weighted by atomic mass is 16.4. The second-order valence-corrected chi connectivity index (χ2v) is 7.40. The number of hydrogen-bond acceptors (Lipinski definition) is 7. The monoisotopic (exact) mass is 420 g/mol. The number of nitrogens with zero attached hydrogens (tertiary/aromatic N) is 4. The normalized spacial score (nSPS) is 13.7. The van der Waals surface area contributed by atoms with Gasteiger partial charge in [0.1, 0.15) is 0 Å². The number of anilines is 4. The average molecular weight is 420 g/mol. The molecule has 0 unspecified atom stereocenters. The molecule has 31 heavy (non-hydrogen) atoms. The lowest BCUT2D eigenvalue weighted by atomic mass is 10.2. The molecule has 2 N–H and O–H groups in total. The zero-order valence-electron chi connectivity index (χ0n) is 17.5. The highest BCUT2D eigenvalue weighted by Gasteiger charge is 2.19. The molecule has 9 nitrogen and oxygen atoms in total. The summed E-state index contributed by atoms with van der Waals surface area (Å²) in [5, 5.41) is 13.4. The van der Waals surface area contributed by atoms with Crippen molar-refractivity contribution in [2.45, 2.75) is 13.8 Å². The summed E-state index contributed by atoms with van der Waals surface area (Å²) in [5.41, 5.74) is 3.56. The molecule has 9 heteroatoms. The zero-order valence-corrected chi connectivity index (χ0v) is 17.5. The van der Waals surface area contributed by atoms with Gasteiger partial charge in [0.15, 0.2) is 0 Å². The van der Waals surface area contributed by atoms with Crippen molar-refractivity contribution in [2.75, 3.05) is 41.7 Å². The molecule has 2 heterocycles. The Hall–Kier alpha value is -3.88. The molecule has 160 valence electrons. The van der Waals surface area contributed by atoms with Crippen LogP contribution in [-0.4, -0.2) is 53.1 Å². The minimum absolute atomic E-state index is 0.107. The van der Waals surface area contributed by atoms with Gasteiger partial charge in [-0.2, -0.15) is 0 Å². The van der Waals surface area contributed by atoms with Crippen LogP contribution in [0.25, 0.3) is 0 Å². The molecule has 4 rings (SSSR count). The number of benzene rings is 2. The molecule has 3 aromatic rings. The molecule has 0 bridgehead atoms. The van der Waals surface area contributed by atoms with Gasteiger partial charge in [0.25, 0.3) is 0 Å². The smallest absolute Gasteiger partial charge is 0.320 e. The fraction of sp³-hybridized carbons (Fsp3) is 0.273. The third kappa shape index (κ3) is 5.00. The van der Waals surface area contributed by atoms with Gasteiger partial charge in [-0.25, -0.2) is 0 Å². The Morgan fingerprint density at radius 2 is 1.71 bits per heavy atom. The zero-order chi connectivity index (χ0) is 21.8. The van der Waals surface area contributed by atoms with E-state index in [0.29, 0.717) is 18.8 Å². The molecule has 0 aliphatic carbocycles. The molecular formula is C22H24N6O3. The van der Waals surface area contributed by atoms with E-state index in [2.05, 4.69) is 25.7 Å². The Morgan fingerprint density at radius 1 is 0.968 bits per heavy atom. The molecule has 1 aliphatic heterocycles. The van der Waals surface area contributed by atoms with E-state index < -0.39 is 5.91 Å². The quantitative estimate of drug-likeness (QED) is 0.654.